The number of amides is 2. The van der Waals surface area contributed by atoms with Gasteiger partial charge in [0.25, 0.3) is 21.8 Å². The highest BCUT2D eigenvalue weighted by atomic mass is 32.2. The van der Waals surface area contributed by atoms with Crippen molar-refractivity contribution in [3.05, 3.63) is 76.7 Å². The third-order valence-electron chi connectivity index (χ3n) is 4.73. The van der Waals surface area contributed by atoms with Crippen molar-refractivity contribution in [2.45, 2.75) is 32.6 Å². The van der Waals surface area contributed by atoms with Crippen LogP contribution in [0.5, 0.6) is 5.75 Å². The summed E-state index contributed by atoms with van der Waals surface area (Å²) in [7, 11) is -3.97. The molecule has 1 aromatic heterocycles. The molecule has 0 atom stereocenters. The van der Waals surface area contributed by atoms with Crippen LogP contribution >= 0.6 is 0 Å². The fraction of sp³-hybridized carbons (Fsp3) is 0.217. The molecular weight excluding hydrogens is 446 g/mol. The Labute approximate surface area is 192 Å². The number of benzene rings is 2. The third-order valence-corrected chi connectivity index (χ3v) is 6.26. The fourth-order valence-corrected chi connectivity index (χ4v) is 4.47. The van der Waals surface area contributed by atoms with E-state index >= 15 is 0 Å². The maximum absolute atomic E-state index is 12.9. The molecule has 0 bridgehead atoms. The first-order valence-corrected chi connectivity index (χ1v) is 11.6. The van der Waals surface area contributed by atoms with Gasteiger partial charge in [-0.3, -0.25) is 25.2 Å². The number of aryl methyl sites for hydroxylation is 3. The zero-order chi connectivity index (χ0) is 24.2. The Balaban J connectivity index is 1.74. The Kier molecular flexibility index (Phi) is 7.07. The number of sulfonamides is 1. The van der Waals surface area contributed by atoms with Gasteiger partial charge < -0.3 is 9.15 Å². The minimum absolute atomic E-state index is 0.0586. The molecule has 3 rings (SSSR count). The molecule has 0 spiro atoms. The van der Waals surface area contributed by atoms with Crippen molar-refractivity contribution in [2.75, 3.05) is 11.3 Å². The lowest BCUT2D eigenvalue weighted by molar-refractivity contribution is 0.0845. The molecule has 0 saturated heterocycles. The minimum Gasteiger partial charge on any atom is -0.494 e. The summed E-state index contributed by atoms with van der Waals surface area (Å²) in [4.78, 5) is 24.7. The molecule has 0 saturated carbocycles. The van der Waals surface area contributed by atoms with Crippen LogP contribution in [0.4, 0.5) is 5.69 Å². The van der Waals surface area contributed by atoms with Gasteiger partial charge in [0, 0.05) is 11.3 Å². The molecule has 0 aliphatic heterocycles. The highest BCUT2D eigenvalue weighted by Crippen LogP contribution is 2.23. The molecule has 2 amide bonds. The van der Waals surface area contributed by atoms with Crippen LogP contribution in [-0.4, -0.2) is 26.8 Å². The molecule has 0 radical (unpaired) electrons. The number of anilines is 1. The van der Waals surface area contributed by atoms with Crippen molar-refractivity contribution in [3.63, 3.8) is 0 Å². The van der Waals surface area contributed by atoms with Crippen molar-refractivity contribution < 1.29 is 27.2 Å². The van der Waals surface area contributed by atoms with Gasteiger partial charge in [0.2, 0.25) is 0 Å². The Morgan fingerprint density at radius 2 is 1.61 bits per heavy atom. The summed E-state index contributed by atoms with van der Waals surface area (Å²) in [5.74, 6) is 0.396. The first-order valence-electron chi connectivity index (χ1n) is 10.1. The summed E-state index contributed by atoms with van der Waals surface area (Å²) < 4.78 is 39.0. The fourth-order valence-electron chi connectivity index (χ4n) is 3.14. The summed E-state index contributed by atoms with van der Waals surface area (Å²) in [5, 5.41) is 0. The molecule has 3 aromatic rings. The number of furan rings is 1. The van der Waals surface area contributed by atoms with E-state index in [1.54, 1.807) is 51.1 Å². The number of hydrogen-bond donors (Lipinski definition) is 3. The van der Waals surface area contributed by atoms with Gasteiger partial charge in [0.15, 0.2) is 0 Å². The number of carbonyl (C=O) groups excluding carboxylic acids is 2. The van der Waals surface area contributed by atoms with Gasteiger partial charge in [-0.2, -0.15) is 0 Å². The molecule has 33 heavy (non-hydrogen) atoms. The second kappa shape index (κ2) is 9.78. The lowest BCUT2D eigenvalue weighted by Crippen LogP contribution is -2.41. The van der Waals surface area contributed by atoms with Crippen molar-refractivity contribution in [3.8, 4) is 5.75 Å². The van der Waals surface area contributed by atoms with Crippen molar-refractivity contribution in [2.24, 2.45) is 0 Å². The second-order valence-corrected chi connectivity index (χ2v) is 8.93. The molecule has 0 fully saturated rings. The number of hydrazine groups is 1. The maximum atomic E-state index is 12.9. The van der Waals surface area contributed by atoms with Crippen molar-refractivity contribution in [1.29, 1.82) is 0 Å². The van der Waals surface area contributed by atoms with Crippen molar-refractivity contribution >= 4 is 27.5 Å². The van der Waals surface area contributed by atoms with Crippen LogP contribution in [0.1, 0.15) is 44.7 Å². The average molecular weight is 472 g/mol. The van der Waals surface area contributed by atoms with Gasteiger partial charge in [-0.15, -0.1) is 0 Å². The quantitative estimate of drug-likeness (QED) is 0.453. The van der Waals surface area contributed by atoms with Crippen molar-refractivity contribution in [1.82, 2.24) is 10.9 Å². The van der Waals surface area contributed by atoms with E-state index in [0.29, 0.717) is 40.7 Å². The largest absolute Gasteiger partial charge is 0.494 e. The van der Waals surface area contributed by atoms with Crippen LogP contribution in [0.25, 0.3) is 0 Å². The number of carbonyl (C=O) groups is 2. The van der Waals surface area contributed by atoms with Crippen LogP contribution in [0.3, 0.4) is 0 Å². The Morgan fingerprint density at radius 1 is 0.939 bits per heavy atom. The van der Waals surface area contributed by atoms with E-state index in [1.807, 2.05) is 6.92 Å². The van der Waals surface area contributed by atoms with Gasteiger partial charge in [0.1, 0.15) is 17.3 Å². The maximum Gasteiger partial charge on any atom is 0.273 e. The molecule has 2 aromatic carbocycles. The normalized spacial score (nSPS) is 11.0. The third kappa shape index (κ3) is 5.72. The van der Waals surface area contributed by atoms with Gasteiger partial charge in [0.05, 0.1) is 17.1 Å². The number of nitrogens with one attached hydrogen (secondary N) is 3. The molecule has 3 N–H and O–H groups in total. The molecule has 0 aliphatic rings. The van der Waals surface area contributed by atoms with Gasteiger partial charge >= 0.3 is 0 Å². The van der Waals surface area contributed by atoms with Crippen LogP contribution in [0.15, 0.2) is 57.8 Å². The lowest BCUT2D eigenvalue weighted by atomic mass is 10.1. The zero-order valence-electron chi connectivity index (χ0n) is 18.7. The smallest absolute Gasteiger partial charge is 0.273 e. The van der Waals surface area contributed by atoms with E-state index in [-0.39, 0.29) is 10.5 Å². The predicted molar refractivity (Wildman–Crippen MR) is 123 cm³/mol. The summed E-state index contributed by atoms with van der Waals surface area (Å²) in [5.41, 5.74) is 5.76. The molecule has 1 heterocycles. The molecule has 0 unspecified atom stereocenters. The first kappa shape index (κ1) is 23.9. The van der Waals surface area contributed by atoms with E-state index in [2.05, 4.69) is 15.6 Å². The monoisotopic (exact) mass is 471 g/mol. The molecule has 10 heteroatoms. The SMILES string of the molecule is CCOc1ccc(NS(=O)(=O)c2cc(C(=O)NNC(=O)c3cc(C)oc3C)ccc2C)cc1. The summed E-state index contributed by atoms with van der Waals surface area (Å²) >= 11 is 0. The number of ether oxygens (including phenoxy) is 1. The summed E-state index contributed by atoms with van der Waals surface area (Å²) in [6.45, 7) is 7.32. The number of rotatable bonds is 7. The average Bonchev–Trinajstić information content (AvgIpc) is 3.11. The lowest BCUT2D eigenvalue weighted by Gasteiger charge is -2.13. The van der Waals surface area contributed by atoms with E-state index in [9.17, 15) is 18.0 Å². The van der Waals surface area contributed by atoms with E-state index in [4.69, 9.17) is 9.15 Å². The highest BCUT2D eigenvalue weighted by Gasteiger charge is 2.20. The van der Waals surface area contributed by atoms with Crippen LogP contribution < -0.4 is 20.3 Å². The van der Waals surface area contributed by atoms with Crippen LogP contribution in [0.2, 0.25) is 0 Å². The van der Waals surface area contributed by atoms with E-state index in [1.165, 1.54) is 18.2 Å². The van der Waals surface area contributed by atoms with E-state index < -0.39 is 21.8 Å². The molecule has 0 aliphatic carbocycles. The van der Waals surface area contributed by atoms with Crippen LogP contribution in [0, 0.1) is 20.8 Å². The minimum atomic E-state index is -3.97. The molecule has 174 valence electrons. The Morgan fingerprint density at radius 3 is 2.21 bits per heavy atom. The topological polar surface area (TPSA) is 127 Å². The predicted octanol–water partition coefficient (Wildman–Crippen LogP) is 3.48. The number of hydrogen-bond acceptors (Lipinski definition) is 6. The second-order valence-electron chi connectivity index (χ2n) is 7.28. The van der Waals surface area contributed by atoms with Gasteiger partial charge in [-0.25, -0.2) is 8.42 Å². The molecule has 9 nitrogen and oxygen atoms in total. The molecular formula is C23H25N3O6S. The Hall–Kier alpha value is -3.79. The van der Waals surface area contributed by atoms with Crippen LogP contribution in [-0.2, 0) is 10.0 Å². The Bertz CT molecular complexity index is 1280. The first-order chi connectivity index (χ1) is 15.6. The van der Waals surface area contributed by atoms with Gasteiger partial charge in [-0.1, -0.05) is 6.07 Å². The summed E-state index contributed by atoms with van der Waals surface area (Å²) in [6.07, 6.45) is 0. The van der Waals surface area contributed by atoms with Gasteiger partial charge in [-0.05, 0) is 75.7 Å². The van der Waals surface area contributed by atoms with E-state index in [0.717, 1.165) is 0 Å². The highest BCUT2D eigenvalue weighted by molar-refractivity contribution is 7.92. The zero-order valence-corrected chi connectivity index (χ0v) is 19.5. The standard InChI is InChI=1S/C23H25N3O6S/c1-5-31-19-10-8-18(9-11-19)26-33(29,30)21-13-17(7-6-14(21)2)22(27)24-25-23(28)20-12-15(3)32-16(20)4/h6-13,26H,5H2,1-4H3,(H,24,27)(H,25,28). The summed E-state index contributed by atoms with van der Waals surface area (Å²) in [6, 6.07) is 12.3.